The number of carbonyl (C=O) groups excluding carboxylic acids is 2. The van der Waals surface area contributed by atoms with Crippen molar-refractivity contribution in [2.75, 3.05) is 6.54 Å². The first-order valence-corrected chi connectivity index (χ1v) is 7.89. The van der Waals surface area contributed by atoms with E-state index >= 15 is 0 Å². The summed E-state index contributed by atoms with van der Waals surface area (Å²) in [5.41, 5.74) is -0.0845. The molecule has 0 radical (unpaired) electrons. The third kappa shape index (κ3) is 5.56. The van der Waals surface area contributed by atoms with E-state index in [1.165, 1.54) is 5.06 Å². The fraction of sp³-hybridized carbons (Fsp3) is 0.529. The second-order valence-electron chi connectivity index (χ2n) is 6.54. The molecule has 1 aliphatic heterocycles. The van der Waals surface area contributed by atoms with Crippen molar-refractivity contribution in [2.24, 2.45) is 0 Å². The Labute approximate surface area is 136 Å². The van der Waals surface area contributed by atoms with Gasteiger partial charge >= 0.3 is 12.1 Å². The number of hydrogen-bond acceptors (Lipinski definition) is 5. The molecule has 1 unspecified atom stereocenters. The summed E-state index contributed by atoms with van der Waals surface area (Å²) in [4.78, 5) is 29.5. The van der Waals surface area contributed by atoms with E-state index in [1.807, 2.05) is 6.07 Å². The number of alkyl carbamates (subject to hydrolysis) is 1. The number of hydroxylamine groups is 2. The number of nitrogens with zero attached hydrogens (tertiary/aromatic N) is 1. The first-order valence-electron chi connectivity index (χ1n) is 7.89. The number of nitrogens with one attached hydrogen (secondary N) is 1. The lowest BCUT2D eigenvalue weighted by Gasteiger charge is -2.34. The monoisotopic (exact) mass is 320 g/mol. The molecule has 23 heavy (non-hydrogen) atoms. The maximum Gasteiger partial charge on any atom is 0.408 e. The van der Waals surface area contributed by atoms with Gasteiger partial charge in [-0.3, -0.25) is 0 Å². The van der Waals surface area contributed by atoms with Crippen LogP contribution in [0, 0.1) is 0 Å². The van der Waals surface area contributed by atoms with Crippen molar-refractivity contribution < 1.29 is 19.2 Å². The number of ether oxygens (including phenoxy) is 1. The normalized spacial score (nSPS) is 19.0. The quantitative estimate of drug-likeness (QED) is 0.927. The Morgan fingerprint density at radius 2 is 1.87 bits per heavy atom. The molecule has 1 saturated heterocycles. The second-order valence-corrected chi connectivity index (χ2v) is 6.54. The Hall–Kier alpha value is -2.08. The van der Waals surface area contributed by atoms with Crippen molar-refractivity contribution in [3.63, 3.8) is 0 Å². The van der Waals surface area contributed by atoms with Crippen LogP contribution in [0.3, 0.4) is 0 Å². The molecule has 0 saturated carbocycles. The minimum Gasteiger partial charge on any atom is -0.444 e. The average molecular weight is 320 g/mol. The molecular formula is C17H24N2O4. The first-order chi connectivity index (χ1) is 10.8. The van der Waals surface area contributed by atoms with Crippen molar-refractivity contribution in [3.05, 3.63) is 35.9 Å². The highest BCUT2D eigenvalue weighted by molar-refractivity contribution is 5.89. The summed E-state index contributed by atoms with van der Waals surface area (Å²) in [5.74, 6) is -0.427. The van der Waals surface area contributed by atoms with E-state index in [0.29, 0.717) is 18.5 Å². The van der Waals surface area contributed by atoms with Crippen LogP contribution in [-0.2, 0) is 9.57 Å². The van der Waals surface area contributed by atoms with Crippen LogP contribution >= 0.6 is 0 Å². The number of hydrogen-bond donors (Lipinski definition) is 1. The molecule has 0 bridgehead atoms. The smallest absolute Gasteiger partial charge is 0.408 e. The van der Waals surface area contributed by atoms with Crippen LogP contribution < -0.4 is 5.32 Å². The molecule has 126 valence electrons. The van der Waals surface area contributed by atoms with Gasteiger partial charge in [0.25, 0.3) is 0 Å². The van der Waals surface area contributed by atoms with Gasteiger partial charge in [-0.05, 0) is 52.2 Å². The predicted molar refractivity (Wildman–Crippen MR) is 85.6 cm³/mol. The summed E-state index contributed by atoms with van der Waals surface area (Å²) in [6.07, 6.45) is 1.70. The van der Waals surface area contributed by atoms with E-state index in [-0.39, 0.29) is 6.17 Å². The maximum atomic E-state index is 12.2. The highest BCUT2D eigenvalue weighted by Crippen LogP contribution is 2.17. The Bertz CT molecular complexity index is 539. The van der Waals surface area contributed by atoms with E-state index < -0.39 is 17.7 Å². The largest absolute Gasteiger partial charge is 0.444 e. The van der Waals surface area contributed by atoms with Crippen molar-refractivity contribution >= 4 is 12.1 Å². The molecule has 1 N–H and O–H groups in total. The summed E-state index contributed by atoms with van der Waals surface area (Å²) in [6.45, 7) is 6.00. The Balaban J connectivity index is 1.95. The second kappa shape index (κ2) is 7.46. The summed E-state index contributed by atoms with van der Waals surface area (Å²) in [6, 6.07) is 8.79. The molecule has 6 heteroatoms. The van der Waals surface area contributed by atoms with Gasteiger partial charge in [0, 0.05) is 6.54 Å². The van der Waals surface area contributed by atoms with Gasteiger partial charge in [0.15, 0.2) is 0 Å². The van der Waals surface area contributed by atoms with Gasteiger partial charge in [-0.1, -0.05) is 18.2 Å². The SMILES string of the molecule is CC(C)(C)OC(=O)NC1CCCCN1OC(=O)c1ccccc1. The van der Waals surface area contributed by atoms with E-state index in [2.05, 4.69) is 5.32 Å². The number of amides is 1. The third-order valence-corrected chi connectivity index (χ3v) is 3.35. The number of piperidine rings is 1. The van der Waals surface area contributed by atoms with Gasteiger partial charge in [-0.2, -0.15) is 0 Å². The Morgan fingerprint density at radius 1 is 1.17 bits per heavy atom. The van der Waals surface area contributed by atoms with Crippen LogP contribution in [0.2, 0.25) is 0 Å². The van der Waals surface area contributed by atoms with Crippen molar-refractivity contribution in [1.82, 2.24) is 10.4 Å². The van der Waals surface area contributed by atoms with Gasteiger partial charge in [0.2, 0.25) is 0 Å². The topological polar surface area (TPSA) is 67.9 Å². The molecule has 1 fully saturated rings. The molecule has 1 aliphatic rings. The highest BCUT2D eigenvalue weighted by Gasteiger charge is 2.29. The maximum absolute atomic E-state index is 12.2. The molecule has 1 aromatic carbocycles. The fourth-order valence-corrected chi connectivity index (χ4v) is 2.34. The number of benzene rings is 1. The molecule has 0 aliphatic carbocycles. The fourth-order valence-electron chi connectivity index (χ4n) is 2.34. The zero-order valence-corrected chi connectivity index (χ0v) is 13.9. The van der Waals surface area contributed by atoms with Gasteiger partial charge in [-0.25, -0.2) is 9.59 Å². The van der Waals surface area contributed by atoms with Crippen LogP contribution in [0.1, 0.15) is 50.4 Å². The molecule has 1 heterocycles. The minimum atomic E-state index is -0.565. The van der Waals surface area contributed by atoms with Crippen LogP contribution in [0.15, 0.2) is 30.3 Å². The van der Waals surface area contributed by atoms with Crippen molar-refractivity contribution in [2.45, 2.75) is 51.8 Å². The van der Waals surface area contributed by atoms with Gasteiger partial charge in [0.05, 0.1) is 5.56 Å². The molecule has 2 rings (SSSR count). The number of rotatable bonds is 3. The molecule has 1 atom stereocenters. The minimum absolute atomic E-state index is 0.369. The molecule has 0 aromatic heterocycles. The average Bonchev–Trinajstić information content (AvgIpc) is 2.48. The van der Waals surface area contributed by atoms with Gasteiger partial charge in [-0.15, -0.1) is 5.06 Å². The van der Waals surface area contributed by atoms with Crippen LogP contribution in [0.5, 0.6) is 0 Å². The molecule has 1 amide bonds. The van der Waals surface area contributed by atoms with Crippen LogP contribution in [0.25, 0.3) is 0 Å². The summed E-state index contributed by atoms with van der Waals surface area (Å²) in [5, 5.41) is 4.30. The zero-order chi connectivity index (χ0) is 16.9. The molecule has 1 aromatic rings. The molecule has 6 nitrogen and oxygen atoms in total. The molecular weight excluding hydrogens is 296 g/mol. The van der Waals surface area contributed by atoms with Crippen LogP contribution in [-0.4, -0.2) is 35.4 Å². The lowest BCUT2D eigenvalue weighted by molar-refractivity contribution is -0.157. The van der Waals surface area contributed by atoms with Crippen molar-refractivity contribution in [1.29, 1.82) is 0 Å². The zero-order valence-electron chi connectivity index (χ0n) is 13.9. The Kier molecular flexibility index (Phi) is 5.60. The van der Waals surface area contributed by atoms with E-state index in [1.54, 1.807) is 45.0 Å². The van der Waals surface area contributed by atoms with Gasteiger partial charge < -0.3 is 14.9 Å². The molecule has 0 spiro atoms. The third-order valence-electron chi connectivity index (χ3n) is 3.35. The van der Waals surface area contributed by atoms with E-state index in [0.717, 1.165) is 12.8 Å². The summed E-state index contributed by atoms with van der Waals surface area (Å²) < 4.78 is 5.26. The lowest BCUT2D eigenvalue weighted by Crippen LogP contribution is -2.52. The Morgan fingerprint density at radius 3 is 2.52 bits per heavy atom. The lowest BCUT2D eigenvalue weighted by atomic mass is 10.1. The predicted octanol–water partition coefficient (Wildman–Crippen LogP) is 3.10. The van der Waals surface area contributed by atoms with Gasteiger partial charge in [0.1, 0.15) is 11.8 Å². The standard InChI is InChI=1S/C17H24N2O4/c1-17(2,3)22-16(21)18-14-11-7-8-12-19(14)23-15(20)13-9-5-4-6-10-13/h4-6,9-10,14H,7-8,11-12H2,1-3H3,(H,18,21). The summed E-state index contributed by atoms with van der Waals surface area (Å²) in [7, 11) is 0. The van der Waals surface area contributed by atoms with E-state index in [4.69, 9.17) is 9.57 Å². The summed E-state index contributed by atoms with van der Waals surface area (Å²) >= 11 is 0. The van der Waals surface area contributed by atoms with Crippen LogP contribution in [0.4, 0.5) is 4.79 Å². The van der Waals surface area contributed by atoms with Crippen molar-refractivity contribution in [3.8, 4) is 0 Å². The van der Waals surface area contributed by atoms with E-state index in [9.17, 15) is 9.59 Å². The highest BCUT2D eigenvalue weighted by atomic mass is 16.7. The first kappa shape index (κ1) is 17.3. The number of carbonyl (C=O) groups is 2.